The molecule has 0 radical (unpaired) electrons. The van der Waals surface area contributed by atoms with Crippen molar-refractivity contribution < 1.29 is 0 Å². The van der Waals surface area contributed by atoms with Gasteiger partial charge in [-0.15, -0.1) is 21.5 Å². The van der Waals surface area contributed by atoms with Crippen LogP contribution in [0.25, 0.3) is 27.4 Å². The van der Waals surface area contributed by atoms with Crippen LogP contribution in [-0.4, -0.2) is 24.7 Å². The second-order valence-corrected chi connectivity index (χ2v) is 9.15. The van der Waals surface area contributed by atoms with Gasteiger partial charge in [-0.1, -0.05) is 30.3 Å². The Labute approximate surface area is 176 Å². The maximum Gasteiger partial charge on any atom is 0.203 e. The fourth-order valence-corrected chi connectivity index (χ4v) is 5.37. The number of aromatic amines is 1. The smallest absolute Gasteiger partial charge is 0.203 e. The lowest BCUT2D eigenvalue weighted by molar-refractivity contribution is 0.884. The number of nitrogens with one attached hydrogen (secondary N) is 1. The standard InChI is InChI=1S/C22H19N5S2/c1-13-14(2)19(23-15(13)3)20-25-26-21(27(20)16-9-5-4-6-10-16)29-22-24-17-11-7-8-12-18(17)28-22/h4-12,23H,1-3H3. The normalized spacial score (nSPS) is 11.4. The van der Waals surface area contributed by atoms with Crippen molar-refractivity contribution in [3.8, 4) is 17.2 Å². The first-order valence-electron chi connectivity index (χ1n) is 9.32. The first-order valence-corrected chi connectivity index (χ1v) is 11.0. The molecule has 0 aliphatic heterocycles. The van der Waals surface area contributed by atoms with Gasteiger partial charge in [-0.05, 0) is 67.9 Å². The van der Waals surface area contributed by atoms with Gasteiger partial charge in [-0.25, -0.2) is 4.98 Å². The van der Waals surface area contributed by atoms with Crippen LogP contribution in [0.5, 0.6) is 0 Å². The number of para-hydroxylation sites is 2. The van der Waals surface area contributed by atoms with Crippen LogP contribution in [0, 0.1) is 20.8 Å². The highest BCUT2D eigenvalue weighted by atomic mass is 32.2. The molecule has 0 spiro atoms. The topological polar surface area (TPSA) is 59.4 Å². The van der Waals surface area contributed by atoms with Crippen molar-refractivity contribution in [1.29, 1.82) is 0 Å². The minimum absolute atomic E-state index is 0.801. The fraction of sp³-hybridized carbons (Fsp3) is 0.136. The van der Waals surface area contributed by atoms with Gasteiger partial charge in [0, 0.05) is 11.4 Å². The molecule has 5 nitrogen and oxygen atoms in total. The van der Waals surface area contributed by atoms with Crippen molar-refractivity contribution >= 4 is 33.3 Å². The molecular formula is C22H19N5S2. The molecule has 3 aromatic heterocycles. The second-order valence-electron chi connectivity index (χ2n) is 6.90. The van der Waals surface area contributed by atoms with Crippen molar-refractivity contribution in [3.63, 3.8) is 0 Å². The summed E-state index contributed by atoms with van der Waals surface area (Å²) >= 11 is 3.22. The number of benzene rings is 2. The van der Waals surface area contributed by atoms with Gasteiger partial charge in [0.05, 0.1) is 15.9 Å². The summed E-state index contributed by atoms with van der Waals surface area (Å²) in [7, 11) is 0. The van der Waals surface area contributed by atoms with Crippen LogP contribution in [0.15, 0.2) is 64.1 Å². The molecule has 3 heterocycles. The van der Waals surface area contributed by atoms with Crippen LogP contribution in [-0.2, 0) is 0 Å². The monoisotopic (exact) mass is 417 g/mol. The van der Waals surface area contributed by atoms with E-state index in [1.807, 2.05) is 36.4 Å². The minimum atomic E-state index is 0.801. The van der Waals surface area contributed by atoms with Crippen LogP contribution in [0.4, 0.5) is 0 Å². The third-order valence-electron chi connectivity index (χ3n) is 5.14. The number of hydrogen-bond acceptors (Lipinski definition) is 5. The molecule has 0 aliphatic rings. The lowest BCUT2D eigenvalue weighted by Gasteiger charge is -2.09. The van der Waals surface area contributed by atoms with Gasteiger partial charge in [0.1, 0.15) is 0 Å². The van der Waals surface area contributed by atoms with E-state index in [-0.39, 0.29) is 0 Å². The predicted molar refractivity (Wildman–Crippen MR) is 119 cm³/mol. The fourth-order valence-electron chi connectivity index (χ4n) is 3.35. The van der Waals surface area contributed by atoms with Gasteiger partial charge in [-0.3, -0.25) is 4.57 Å². The molecule has 2 aromatic carbocycles. The maximum absolute atomic E-state index is 4.75. The Hall–Kier alpha value is -2.90. The number of aryl methyl sites for hydroxylation is 1. The summed E-state index contributed by atoms with van der Waals surface area (Å²) in [5.41, 5.74) is 6.65. The average Bonchev–Trinajstić information content (AvgIpc) is 3.41. The molecule has 0 unspecified atom stereocenters. The molecule has 0 amide bonds. The van der Waals surface area contributed by atoms with Crippen LogP contribution < -0.4 is 0 Å². The summed E-state index contributed by atoms with van der Waals surface area (Å²) in [5, 5.41) is 9.90. The second kappa shape index (κ2) is 7.17. The molecule has 0 saturated carbocycles. The molecule has 0 aliphatic carbocycles. The van der Waals surface area contributed by atoms with Crippen LogP contribution in [0.1, 0.15) is 16.8 Å². The van der Waals surface area contributed by atoms with Gasteiger partial charge >= 0.3 is 0 Å². The van der Waals surface area contributed by atoms with Crippen LogP contribution >= 0.6 is 23.1 Å². The summed E-state index contributed by atoms with van der Waals surface area (Å²) in [6.45, 7) is 6.34. The number of fused-ring (bicyclic) bond motifs is 1. The largest absolute Gasteiger partial charge is 0.356 e. The van der Waals surface area contributed by atoms with Gasteiger partial charge in [0.2, 0.25) is 5.16 Å². The van der Waals surface area contributed by atoms with Crippen molar-refractivity contribution in [2.24, 2.45) is 0 Å². The molecule has 144 valence electrons. The Bertz CT molecular complexity index is 1280. The van der Waals surface area contributed by atoms with Gasteiger partial charge < -0.3 is 4.98 Å². The molecule has 0 atom stereocenters. The summed E-state index contributed by atoms with van der Waals surface area (Å²) in [6.07, 6.45) is 0. The van der Waals surface area contributed by atoms with Crippen molar-refractivity contribution in [3.05, 3.63) is 71.4 Å². The zero-order chi connectivity index (χ0) is 20.0. The first kappa shape index (κ1) is 18.1. The number of nitrogens with zero attached hydrogens (tertiary/aromatic N) is 4. The van der Waals surface area contributed by atoms with E-state index >= 15 is 0 Å². The average molecular weight is 418 g/mol. The zero-order valence-electron chi connectivity index (χ0n) is 16.3. The molecule has 0 saturated heterocycles. The van der Waals surface area contributed by atoms with E-state index in [1.54, 1.807) is 23.1 Å². The van der Waals surface area contributed by atoms with E-state index in [0.29, 0.717) is 0 Å². The molecule has 7 heteroatoms. The SMILES string of the molecule is Cc1[nH]c(-c2nnc(Sc3nc4ccccc4s3)n2-c2ccccc2)c(C)c1C. The van der Waals surface area contributed by atoms with Crippen LogP contribution in [0.3, 0.4) is 0 Å². The number of H-pyrrole nitrogens is 1. The summed E-state index contributed by atoms with van der Waals surface area (Å²) in [5.74, 6) is 0.813. The first-order chi connectivity index (χ1) is 14.1. The molecule has 29 heavy (non-hydrogen) atoms. The predicted octanol–water partition coefficient (Wildman–Crippen LogP) is 5.95. The van der Waals surface area contributed by atoms with E-state index in [1.165, 1.54) is 15.8 Å². The number of rotatable bonds is 4. The Morgan fingerprint density at radius 1 is 0.897 bits per heavy atom. The summed E-state index contributed by atoms with van der Waals surface area (Å²) in [6, 6.07) is 18.4. The number of thiazole rings is 1. The minimum Gasteiger partial charge on any atom is -0.356 e. The lowest BCUT2D eigenvalue weighted by Crippen LogP contribution is -2.00. The van der Waals surface area contributed by atoms with Crippen LogP contribution in [0.2, 0.25) is 0 Å². The molecule has 1 N–H and O–H groups in total. The van der Waals surface area contributed by atoms with Gasteiger partial charge in [-0.2, -0.15) is 0 Å². The molecular weight excluding hydrogens is 398 g/mol. The number of hydrogen-bond donors (Lipinski definition) is 1. The Morgan fingerprint density at radius 2 is 1.66 bits per heavy atom. The molecule has 5 aromatic rings. The third-order valence-corrected chi connectivity index (χ3v) is 7.18. The van der Waals surface area contributed by atoms with E-state index in [4.69, 9.17) is 4.98 Å². The van der Waals surface area contributed by atoms with Crippen molar-refractivity contribution in [2.75, 3.05) is 0 Å². The summed E-state index contributed by atoms with van der Waals surface area (Å²) < 4.78 is 4.24. The highest BCUT2D eigenvalue weighted by Crippen LogP contribution is 2.37. The Balaban J connectivity index is 1.65. The highest BCUT2D eigenvalue weighted by molar-refractivity contribution is 8.01. The van der Waals surface area contributed by atoms with E-state index in [2.05, 4.69) is 58.7 Å². The highest BCUT2D eigenvalue weighted by Gasteiger charge is 2.21. The Morgan fingerprint density at radius 3 is 2.38 bits per heavy atom. The third kappa shape index (κ3) is 3.16. The summed E-state index contributed by atoms with van der Waals surface area (Å²) in [4.78, 5) is 8.25. The van der Waals surface area contributed by atoms with Gasteiger partial charge in [0.15, 0.2) is 10.2 Å². The maximum atomic E-state index is 4.75. The van der Waals surface area contributed by atoms with Crippen molar-refractivity contribution in [1.82, 2.24) is 24.7 Å². The number of aromatic nitrogens is 5. The van der Waals surface area contributed by atoms with Gasteiger partial charge in [0.25, 0.3) is 0 Å². The van der Waals surface area contributed by atoms with E-state index in [9.17, 15) is 0 Å². The van der Waals surface area contributed by atoms with E-state index in [0.717, 1.165) is 37.9 Å². The molecule has 0 fully saturated rings. The zero-order valence-corrected chi connectivity index (χ0v) is 17.9. The molecule has 5 rings (SSSR count). The quantitative estimate of drug-likeness (QED) is 0.393. The van der Waals surface area contributed by atoms with E-state index < -0.39 is 0 Å². The lowest BCUT2D eigenvalue weighted by atomic mass is 10.1. The molecule has 0 bridgehead atoms. The Kier molecular flexibility index (Phi) is 4.49. The van der Waals surface area contributed by atoms with Crippen molar-refractivity contribution in [2.45, 2.75) is 30.3 Å².